The van der Waals surface area contributed by atoms with E-state index in [1.54, 1.807) is 12.3 Å². The van der Waals surface area contributed by atoms with Crippen molar-refractivity contribution < 1.29 is 14.0 Å². The predicted octanol–water partition coefficient (Wildman–Crippen LogP) is 3.83. The third-order valence-electron chi connectivity index (χ3n) is 5.30. The molecule has 1 atom stereocenters. The van der Waals surface area contributed by atoms with Gasteiger partial charge in [0.05, 0.1) is 11.9 Å². The Bertz CT molecular complexity index is 1010. The molecule has 0 saturated heterocycles. The molecule has 0 radical (unpaired) electrons. The van der Waals surface area contributed by atoms with E-state index in [-0.39, 0.29) is 23.4 Å². The van der Waals surface area contributed by atoms with Crippen molar-refractivity contribution in [3.8, 4) is 0 Å². The van der Waals surface area contributed by atoms with Crippen LogP contribution in [0.4, 0.5) is 5.69 Å². The quantitative estimate of drug-likeness (QED) is 0.624. The molecule has 2 N–H and O–H groups in total. The lowest BCUT2D eigenvalue weighted by Gasteiger charge is -2.26. The van der Waals surface area contributed by atoms with Crippen molar-refractivity contribution in [1.29, 1.82) is 0 Å². The van der Waals surface area contributed by atoms with Crippen molar-refractivity contribution in [2.45, 2.75) is 38.6 Å². The molecule has 1 fully saturated rings. The number of carbonyl (C=O) groups is 2. The maximum absolute atomic E-state index is 12.5. The minimum atomic E-state index is -0.442. The summed E-state index contributed by atoms with van der Waals surface area (Å²) >= 11 is 0. The molecule has 1 aliphatic carbocycles. The van der Waals surface area contributed by atoms with Crippen LogP contribution in [-0.4, -0.2) is 21.8 Å². The molecule has 2 heterocycles. The van der Waals surface area contributed by atoms with Crippen molar-refractivity contribution in [2.24, 2.45) is 5.92 Å². The van der Waals surface area contributed by atoms with E-state index in [9.17, 15) is 9.59 Å². The van der Waals surface area contributed by atoms with E-state index in [0.717, 1.165) is 30.5 Å². The zero-order chi connectivity index (χ0) is 20.9. The molecule has 3 aromatic rings. The summed E-state index contributed by atoms with van der Waals surface area (Å²) in [6.07, 6.45) is 6.34. The Morgan fingerprint density at radius 2 is 1.97 bits per heavy atom. The van der Waals surface area contributed by atoms with Crippen LogP contribution in [0.2, 0.25) is 0 Å². The lowest BCUT2D eigenvalue weighted by molar-refractivity contribution is -0.128. The molecule has 1 aliphatic rings. The number of nitrogens with zero attached hydrogens (tertiary/aromatic N) is 2. The second-order valence-corrected chi connectivity index (χ2v) is 7.59. The monoisotopic (exact) mass is 404 g/mol. The average molecular weight is 404 g/mol. The van der Waals surface area contributed by atoms with E-state index < -0.39 is 6.04 Å². The number of hydrogen-bond donors (Lipinski definition) is 2. The van der Waals surface area contributed by atoms with E-state index in [1.165, 1.54) is 6.26 Å². The topological polar surface area (TPSA) is 97.1 Å². The third-order valence-corrected chi connectivity index (χ3v) is 5.30. The number of rotatable bonds is 7. The van der Waals surface area contributed by atoms with Crippen LogP contribution in [0.3, 0.4) is 0 Å². The first-order valence-corrected chi connectivity index (χ1v) is 10.1. The fourth-order valence-electron chi connectivity index (χ4n) is 3.30. The molecule has 154 valence electrons. The van der Waals surface area contributed by atoms with Gasteiger partial charge in [0, 0.05) is 18.0 Å². The van der Waals surface area contributed by atoms with Crippen LogP contribution in [0.25, 0.3) is 0 Å². The summed E-state index contributed by atoms with van der Waals surface area (Å²) in [7, 11) is 0. The molecule has 0 bridgehead atoms. The first-order valence-electron chi connectivity index (χ1n) is 10.1. The highest BCUT2D eigenvalue weighted by molar-refractivity contribution is 6.02. The summed E-state index contributed by atoms with van der Waals surface area (Å²) in [4.78, 5) is 33.6. The maximum atomic E-state index is 12.5. The van der Waals surface area contributed by atoms with Crippen LogP contribution < -0.4 is 10.6 Å². The summed E-state index contributed by atoms with van der Waals surface area (Å²) in [6.45, 7) is 1.88. The lowest BCUT2D eigenvalue weighted by atomic mass is 9.84. The molecule has 4 rings (SSSR count). The Balaban J connectivity index is 1.49. The molecule has 1 saturated carbocycles. The molecule has 0 aliphatic heterocycles. The Morgan fingerprint density at radius 1 is 1.17 bits per heavy atom. The van der Waals surface area contributed by atoms with Gasteiger partial charge in [-0.3, -0.25) is 14.6 Å². The molecule has 2 aromatic heterocycles. The van der Waals surface area contributed by atoms with Gasteiger partial charge in [-0.25, -0.2) is 4.98 Å². The van der Waals surface area contributed by atoms with Gasteiger partial charge in [0.2, 0.25) is 11.8 Å². The molecule has 0 unspecified atom stereocenters. The Kier molecular flexibility index (Phi) is 5.88. The minimum Gasteiger partial charge on any atom is -0.446 e. The minimum absolute atomic E-state index is 0.0112. The van der Waals surface area contributed by atoms with E-state index in [2.05, 4.69) is 20.6 Å². The fourth-order valence-corrected chi connectivity index (χ4v) is 3.30. The normalized spacial score (nSPS) is 14.6. The van der Waals surface area contributed by atoms with Crippen LogP contribution in [0.1, 0.15) is 52.9 Å². The number of amides is 2. The van der Waals surface area contributed by atoms with Crippen molar-refractivity contribution in [1.82, 2.24) is 15.3 Å². The van der Waals surface area contributed by atoms with Crippen LogP contribution in [0.15, 0.2) is 59.3 Å². The fraction of sp³-hybridized carbons (Fsp3) is 0.304. The number of aryl methyl sites for hydroxylation is 1. The van der Waals surface area contributed by atoms with Gasteiger partial charge in [-0.05, 0) is 37.5 Å². The van der Waals surface area contributed by atoms with E-state index in [1.807, 2.05) is 43.3 Å². The van der Waals surface area contributed by atoms with Crippen molar-refractivity contribution in [3.05, 3.63) is 77.8 Å². The number of oxazole rings is 1. The van der Waals surface area contributed by atoms with Gasteiger partial charge >= 0.3 is 0 Å². The second kappa shape index (κ2) is 8.90. The van der Waals surface area contributed by atoms with Crippen LogP contribution >= 0.6 is 0 Å². The molecule has 7 heteroatoms. The van der Waals surface area contributed by atoms with E-state index >= 15 is 0 Å². The molecule has 0 spiro atoms. The smallest absolute Gasteiger partial charge is 0.277 e. The van der Waals surface area contributed by atoms with E-state index in [0.29, 0.717) is 18.0 Å². The standard InChI is InChI=1S/C23H24N4O3/c1-15-10-11-18(13-24-15)25-22(29)20-14-30-23(27-20)19(12-16-6-3-2-4-7-16)26-21(28)17-8-5-9-17/h2-4,6-7,10-11,13-14,17,19H,5,8-9,12H2,1H3,(H,25,29)(H,26,28)/t19-/m0/s1. The number of carbonyl (C=O) groups excluding carboxylic acids is 2. The van der Waals surface area contributed by atoms with Gasteiger partial charge in [0.1, 0.15) is 12.3 Å². The maximum Gasteiger partial charge on any atom is 0.277 e. The highest BCUT2D eigenvalue weighted by atomic mass is 16.3. The summed E-state index contributed by atoms with van der Waals surface area (Å²) in [5.74, 6) is -0.00899. The summed E-state index contributed by atoms with van der Waals surface area (Å²) in [5.41, 5.74) is 2.64. The Labute approximate surface area is 174 Å². The first-order chi connectivity index (χ1) is 14.6. The molecule has 30 heavy (non-hydrogen) atoms. The highest BCUT2D eigenvalue weighted by Crippen LogP contribution is 2.28. The predicted molar refractivity (Wildman–Crippen MR) is 112 cm³/mol. The van der Waals surface area contributed by atoms with Crippen LogP contribution in [0, 0.1) is 12.8 Å². The zero-order valence-electron chi connectivity index (χ0n) is 16.8. The highest BCUT2D eigenvalue weighted by Gasteiger charge is 2.29. The summed E-state index contributed by atoms with van der Waals surface area (Å²) in [6, 6.07) is 13.0. The summed E-state index contributed by atoms with van der Waals surface area (Å²) in [5, 5.41) is 5.81. The van der Waals surface area contributed by atoms with Gasteiger partial charge in [-0.1, -0.05) is 36.8 Å². The Hall–Kier alpha value is -3.48. The Morgan fingerprint density at radius 3 is 2.63 bits per heavy atom. The third kappa shape index (κ3) is 4.74. The number of aromatic nitrogens is 2. The molecule has 1 aromatic carbocycles. The molecular weight excluding hydrogens is 380 g/mol. The van der Waals surface area contributed by atoms with Crippen molar-refractivity contribution >= 4 is 17.5 Å². The first kappa shape index (κ1) is 19.8. The molecule has 2 amide bonds. The van der Waals surface area contributed by atoms with Gasteiger partial charge in [-0.15, -0.1) is 0 Å². The van der Waals surface area contributed by atoms with E-state index in [4.69, 9.17) is 4.42 Å². The number of hydrogen-bond acceptors (Lipinski definition) is 5. The van der Waals surface area contributed by atoms with Crippen LogP contribution in [0.5, 0.6) is 0 Å². The lowest BCUT2D eigenvalue weighted by Crippen LogP contribution is -2.37. The average Bonchev–Trinajstić information content (AvgIpc) is 3.19. The van der Waals surface area contributed by atoms with Crippen molar-refractivity contribution in [2.75, 3.05) is 5.32 Å². The number of anilines is 1. The second-order valence-electron chi connectivity index (χ2n) is 7.59. The zero-order valence-corrected chi connectivity index (χ0v) is 16.8. The molecule has 7 nitrogen and oxygen atoms in total. The number of nitrogens with one attached hydrogen (secondary N) is 2. The van der Waals surface area contributed by atoms with Gasteiger partial charge in [0.15, 0.2) is 5.69 Å². The summed E-state index contributed by atoms with van der Waals surface area (Å²) < 4.78 is 5.61. The molecular formula is C23H24N4O3. The number of benzene rings is 1. The van der Waals surface area contributed by atoms with Gasteiger partial charge in [-0.2, -0.15) is 0 Å². The van der Waals surface area contributed by atoms with Gasteiger partial charge in [0.25, 0.3) is 5.91 Å². The SMILES string of the molecule is Cc1ccc(NC(=O)c2coc([C@H](Cc3ccccc3)NC(=O)C3CCC3)n2)cn1. The largest absolute Gasteiger partial charge is 0.446 e. The van der Waals surface area contributed by atoms with Gasteiger partial charge < -0.3 is 15.1 Å². The number of pyridine rings is 1. The van der Waals surface area contributed by atoms with Crippen LogP contribution in [-0.2, 0) is 11.2 Å². The van der Waals surface area contributed by atoms with Crippen molar-refractivity contribution in [3.63, 3.8) is 0 Å².